The van der Waals surface area contributed by atoms with E-state index >= 15 is 0 Å². The number of phosphoric ester groups is 2. The molecule has 0 aliphatic heterocycles. The van der Waals surface area contributed by atoms with E-state index in [0.29, 0.717) is 31.6 Å². The quantitative estimate of drug-likeness (QED) is 0.0222. The second-order valence-electron chi connectivity index (χ2n) is 25.6. The summed E-state index contributed by atoms with van der Waals surface area (Å²) in [6.07, 6.45) is 40.5. The molecular formula is C67H130O17P2. The summed E-state index contributed by atoms with van der Waals surface area (Å²) in [7, 11) is -9.89. The molecule has 510 valence electrons. The third-order valence-corrected chi connectivity index (χ3v) is 17.3. The summed E-state index contributed by atoms with van der Waals surface area (Å²) in [4.78, 5) is 72.3. The van der Waals surface area contributed by atoms with Gasteiger partial charge in [-0.1, -0.05) is 280 Å². The summed E-state index contributed by atoms with van der Waals surface area (Å²) in [6, 6.07) is 0. The average Bonchev–Trinajstić information content (AvgIpc) is 3.67. The van der Waals surface area contributed by atoms with Crippen LogP contribution in [0, 0.1) is 17.8 Å². The zero-order valence-electron chi connectivity index (χ0n) is 55.8. The van der Waals surface area contributed by atoms with Gasteiger partial charge in [-0.3, -0.25) is 37.3 Å². The maximum Gasteiger partial charge on any atom is 0.472 e. The fourth-order valence-electron chi connectivity index (χ4n) is 10.0. The first kappa shape index (κ1) is 84.1. The minimum absolute atomic E-state index is 0.102. The summed E-state index contributed by atoms with van der Waals surface area (Å²) < 4.78 is 68.1. The van der Waals surface area contributed by atoms with Crippen molar-refractivity contribution in [1.29, 1.82) is 0 Å². The van der Waals surface area contributed by atoms with Crippen LogP contribution in [0.3, 0.4) is 0 Å². The molecule has 0 aromatic heterocycles. The van der Waals surface area contributed by atoms with Crippen LogP contribution in [-0.4, -0.2) is 96.7 Å². The number of phosphoric acid groups is 2. The van der Waals surface area contributed by atoms with Crippen LogP contribution in [0.5, 0.6) is 0 Å². The summed E-state index contributed by atoms with van der Waals surface area (Å²) in [5.74, 6) is 0.0544. The summed E-state index contributed by atoms with van der Waals surface area (Å²) in [5, 5.41) is 10.5. The second kappa shape index (κ2) is 58.2. The smallest absolute Gasteiger partial charge is 0.462 e. The van der Waals surface area contributed by atoms with Crippen LogP contribution in [-0.2, 0) is 65.4 Å². The van der Waals surface area contributed by atoms with Crippen molar-refractivity contribution in [3.05, 3.63) is 0 Å². The molecule has 0 fully saturated rings. The van der Waals surface area contributed by atoms with Crippen LogP contribution in [0.1, 0.15) is 331 Å². The Kier molecular flexibility index (Phi) is 56.9. The number of carbonyl (C=O) groups is 4. The molecule has 0 bridgehead atoms. The van der Waals surface area contributed by atoms with Gasteiger partial charge in [0.1, 0.15) is 19.3 Å². The van der Waals surface area contributed by atoms with Gasteiger partial charge >= 0.3 is 39.5 Å². The van der Waals surface area contributed by atoms with Crippen molar-refractivity contribution in [3.63, 3.8) is 0 Å². The lowest BCUT2D eigenvalue weighted by atomic mass is 10.0. The highest BCUT2D eigenvalue weighted by atomic mass is 31.2. The van der Waals surface area contributed by atoms with E-state index in [0.717, 1.165) is 102 Å². The van der Waals surface area contributed by atoms with E-state index in [1.807, 2.05) is 0 Å². The highest BCUT2D eigenvalue weighted by Crippen LogP contribution is 2.45. The van der Waals surface area contributed by atoms with Crippen molar-refractivity contribution in [2.45, 2.75) is 349 Å². The molecule has 0 aromatic rings. The van der Waals surface area contributed by atoms with Gasteiger partial charge in [0, 0.05) is 25.7 Å². The Labute approximate surface area is 524 Å². The largest absolute Gasteiger partial charge is 0.472 e. The van der Waals surface area contributed by atoms with Crippen molar-refractivity contribution < 1.29 is 80.2 Å². The van der Waals surface area contributed by atoms with E-state index in [1.54, 1.807) is 0 Å². The van der Waals surface area contributed by atoms with Crippen LogP contribution >= 0.6 is 15.6 Å². The molecule has 17 nitrogen and oxygen atoms in total. The van der Waals surface area contributed by atoms with E-state index in [4.69, 9.17) is 37.0 Å². The molecule has 3 N–H and O–H groups in total. The minimum atomic E-state index is -4.95. The highest BCUT2D eigenvalue weighted by Gasteiger charge is 2.30. The normalized spacial score (nSPS) is 14.3. The second-order valence-corrected chi connectivity index (χ2v) is 28.5. The summed E-state index contributed by atoms with van der Waals surface area (Å²) >= 11 is 0. The minimum Gasteiger partial charge on any atom is -0.462 e. The van der Waals surface area contributed by atoms with Crippen LogP contribution < -0.4 is 0 Å². The molecule has 2 unspecified atom stereocenters. The molecule has 19 heteroatoms. The molecule has 0 rings (SSSR count). The molecule has 5 atom stereocenters. The lowest BCUT2D eigenvalue weighted by Gasteiger charge is -2.21. The molecule has 0 saturated carbocycles. The van der Waals surface area contributed by atoms with Crippen molar-refractivity contribution in [1.82, 2.24) is 0 Å². The average molecular weight is 1270 g/mol. The molecular weight excluding hydrogens is 1140 g/mol. The molecule has 0 radical (unpaired) electrons. The fourth-order valence-corrected chi connectivity index (χ4v) is 11.6. The first-order chi connectivity index (χ1) is 41.2. The molecule has 0 aromatic carbocycles. The monoisotopic (exact) mass is 1270 g/mol. The Morgan fingerprint density at radius 1 is 0.314 bits per heavy atom. The third kappa shape index (κ3) is 60.9. The van der Waals surface area contributed by atoms with Crippen LogP contribution in [0.25, 0.3) is 0 Å². The van der Waals surface area contributed by atoms with Crippen molar-refractivity contribution in [3.8, 4) is 0 Å². The highest BCUT2D eigenvalue weighted by molar-refractivity contribution is 7.47. The number of rotatable bonds is 65. The predicted octanol–water partition coefficient (Wildman–Crippen LogP) is 18.7. The fraction of sp³-hybridized carbons (Fsp3) is 0.940. The Bertz CT molecular complexity index is 1700. The standard InChI is InChI=1S/C67H130O17P2/c1-8-9-10-11-12-19-26-34-41-48-64(69)77-55-63(84-67(72)51-44-37-30-29-33-40-47-60(6)7)57-82-86(75,76)80-53-61(68)52-79-85(73,74)81-56-62(54-78-65(70)49-42-35-27-23-22-25-32-39-46-59(4)5)83-66(71)50-43-36-28-21-18-16-14-13-15-17-20-24-31-38-45-58(2)3/h58-63,68H,8-57H2,1-7H3,(H,73,74)(H,75,76)/t61-,62-,63-/m1/s1. The number of aliphatic hydroxyl groups excluding tert-OH is 1. The van der Waals surface area contributed by atoms with Crippen LogP contribution in [0.2, 0.25) is 0 Å². The lowest BCUT2D eigenvalue weighted by molar-refractivity contribution is -0.161. The number of hydrogen-bond donors (Lipinski definition) is 3. The van der Waals surface area contributed by atoms with E-state index in [9.17, 15) is 43.2 Å². The number of unbranched alkanes of at least 4 members (excludes halogenated alkanes) is 33. The van der Waals surface area contributed by atoms with Gasteiger partial charge in [0.25, 0.3) is 0 Å². The summed E-state index contributed by atoms with van der Waals surface area (Å²) in [5.41, 5.74) is 0. The van der Waals surface area contributed by atoms with Gasteiger partial charge in [-0.25, -0.2) is 9.13 Å². The van der Waals surface area contributed by atoms with Crippen molar-refractivity contribution in [2.24, 2.45) is 17.8 Å². The van der Waals surface area contributed by atoms with Gasteiger partial charge in [0.2, 0.25) is 0 Å². The third-order valence-electron chi connectivity index (χ3n) is 15.4. The van der Waals surface area contributed by atoms with E-state index < -0.39 is 97.5 Å². The van der Waals surface area contributed by atoms with E-state index in [-0.39, 0.29) is 25.7 Å². The van der Waals surface area contributed by atoms with Gasteiger partial charge in [0.15, 0.2) is 12.2 Å². The zero-order valence-corrected chi connectivity index (χ0v) is 57.6. The predicted molar refractivity (Wildman–Crippen MR) is 344 cm³/mol. The van der Waals surface area contributed by atoms with E-state index in [1.165, 1.54) is 141 Å². The molecule has 0 aliphatic carbocycles. The molecule has 0 aliphatic rings. The van der Waals surface area contributed by atoms with Crippen LogP contribution in [0.4, 0.5) is 0 Å². The Balaban J connectivity index is 5.21. The molecule has 0 spiro atoms. The first-order valence-corrected chi connectivity index (χ1v) is 37.8. The lowest BCUT2D eigenvalue weighted by Crippen LogP contribution is -2.30. The van der Waals surface area contributed by atoms with Gasteiger partial charge in [0.05, 0.1) is 26.4 Å². The van der Waals surface area contributed by atoms with E-state index in [2.05, 4.69) is 48.5 Å². The van der Waals surface area contributed by atoms with Crippen LogP contribution in [0.15, 0.2) is 0 Å². The Morgan fingerprint density at radius 2 is 0.535 bits per heavy atom. The SMILES string of the molecule is CCCCCCCCCCCC(=O)OC[C@H](COP(=O)(O)OC[C@H](O)COP(=O)(O)OC[C@@H](COC(=O)CCCCCCCCCCC(C)C)OC(=O)CCCCCCCCCCCCCCCCC(C)C)OC(=O)CCCCCCCCC(C)C. The first-order valence-electron chi connectivity index (χ1n) is 34.8. The Morgan fingerprint density at radius 3 is 0.791 bits per heavy atom. The molecule has 0 saturated heterocycles. The summed E-state index contributed by atoms with van der Waals surface area (Å²) in [6.45, 7) is 11.7. The Hall–Kier alpha value is -1.94. The maximum absolute atomic E-state index is 13.0. The van der Waals surface area contributed by atoms with Gasteiger partial charge in [-0.15, -0.1) is 0 Å². The topological polar surface area (TPSA) is 237 Å². The number of ether oxygens (including phenoxy) is 4. The van der Waals surface area contributed by atoms with Crippen molar-refractivity contribution in [2.75, 3.05) is 39.6 Å². The molecule has 0 heterocycles. The maximum atomic E-state index is 13.0. The number of carbonyl (C=O) groups excluding carboxylic acids is 4. The number of esters is 4. The van der Waals surface area contributed by atoms with Gasteiger partial charge in [-0.2, -0.15) is 0 Å². The molecule has 0 amide bonds. The number of hydrogen-bond acceptors (Lipinski definition) is 15. The van der Waals surface area contributed by atoms with Gasteiger partial charge < -0.3 is 33.8 Å². The van der Waals surface area contributed by atoms with Gasteiger partial charge in [-0.05, 0) is 43.4 Å². The zero-order chi connectivity index (χ0) is 63.8. The molecule has 86 heavy (non-hydrogen) atoms. The van der Waals surface area contributed by atoms with Crippen molar-refractivity contribution >= 4 is 39.5 Å². The number of aliphatic hydroxyl groups is 1.